The third-order valence-electron chi connectivity index (χ3n) is 3.26. The first kappa shape index (κ1) is 12.3. The molecular weight excluding hydrogens is 264 g/mol. The van der Waals surface area contributed by atoms with Gasteiger partial charge in [0.2, 0.25) is 0 Å². The van der Waals surface area contributed by atoms with Crippen LogP contribution in [0.4, 0.5) is 0 Å². The number of carboxylic acid groups (broad SMARTS) is 1. The lowest BCUT2D eigenvalue weighted by Crippen LogP contribution is -2.05. The molecule has 7 heteroatoms. The molecule has 0 bridgehead atoms. The van der Waals surface area contributed by atoms with Crippen LogP contribution >= 0.6 is 11.3 Å². The van der Waals surface area contributed by atoms with E-state index >= 15 is 0 Å². The van der Waals surface area contributed by atoms with E-state index in [0.717, 1.165) is 23.5 Å². The van der Waals surface area contributed by atoms with Crippen molar-refractivity contribution in [2.45, 2.75) is 38.6 Å². The molecule has 0 radical (unpaired) electrons. The quantitative estimate of drug-likeness (QED) is 0.901. The molecule has 0 aromatic carbocycles. The number of nitrogens with zero attached hydrogens (tertiary/aromatic N) is 4. The maximum absolute atomic E-state index is 10.5. The van der Waals surface area contributed by atoms with Crippen LogP contribution in [0.1, 0.15) is 29.7 Å². The van der Waals surface area contributed by atoms with Gasteiger partial charge >= 0.3 is 5.97 Å². The Hall–Kier alpha value is -1.76. The average Bonchev–Trinajstić information content (AvgIpc) is 3.00. The molecule has 6 nitrogen and oxygen atoms in total. The first-order valence-electron chi connectivity index (χ1n) is 6.34. The molecule has 100 valence electrons. The number of aryl methyl sites for hydroxylation is 3. The van der Waals surface area contributed by atoms with Crippen LogP contribution in [0.2, 0.25) is 0 Å². The van der Waals surface area contributed by atoms with Crippen molar-refractivity contribution in [3.63, 3.8) is 0 Å². The van der Waals surface area contributed by atoms with E-state index in [9.17, 15) is 4.79 Å². The number of tetrazole rings is 1. The van der Waals surface area contributed by atoms with Gasteiger partial charge in [-0.05, 0) is 47.7 Å². The van der Waals surface area contributed by atoms with Crippen LogP contribution in [0.25, 0.3) is 10.7 Å². The fourth-order valence-electron chi connectivity index (χ4n) is 2.35. The summed E-state index contributed by atoms with van der Waals surface area (Å²) < 4.78 is 1.70. The number of carbonyl (C=O) groups is 1. The third kappa shape index (κ3) is 2.51. The van der Waals surface area contributed by atoms with Crippen molar-refractivity contribution in [2.75, 3.05) is 0 Å². The van der Waals surface area contributed by atoms with E-state index < -0.39 is 5.97 Å². The number of aromatic nitrogens is 4. The maximum Gasteiger partial charge on any atom is 0.303 e. The molecule has 0 saturated carbocycles. The molecule has 2 heterocycles. The molecular formula is C12H14N4O2S. The van der Waals surface area contributed by atoms with Gasteiger partial charge in [0, 0.05) is 17.8 Å². The maximum atomic E-state index is 10.5. The Morgan fingerprint density at radius 3 is 3.16 bits per heavy atom. The minimum absolute atomic E-state index is 0.139. The molecule has 0 unspecified atom stereocenters. The van der Waals surface area contributed by atoms with Crippen LogP contribution in [-0.4, -0.2) is 31.3 Å². The highest BCUT2D eigenvalue weighted by atomic mass is 32.1. The Balaban J connectivity index is 1.77. The van der Waals surface area contributed by atoms with Gasteiger partial charge in [0.25, 0.3) is 0 Å². The molecule has 0 aliphatic heterocycles. The lowest BCUT2D eigenvalue weighted by atomic mass is 10.2. The predicted molar refractivity (Wildman–Crippen MR) is 70.0 cm³/mol. The van der Waals surface area contributed by atoms with Crippen molar-refractivity contribution < 1.29 is 9.90 Å². The van der Waals surface area contributed by atoms with Gasteiger partial charge in [0.05, 0.1) is 4.88 Å². The summed E-state index contributed by atoms with van der Waals surface area (Å²) in [6.45, 7) is 0.539. The third-order valence-corrected chi connectivity index (χ3v) is 4.49. The number of carboxylic acids is 1. The van der Waals surface area contributed by atoms with E-state index in [2.05, 4.69) is 21.6 Å². The van der Waals surface area contributed by atoms with Gasteiger partial charge in [-0.1, -0.05) is 0 Å². The number of rotatable bonds is 5. The van der Waals surface area contributed by atoms with Crippen molar-refractivity contribution >= 4 is 17.3 Å². The molecule has 19 heavy (non-hydrogen) atoms. The van der Waals surface area contributed by atoms with Crippen molar-refractivity contribution in [1.82, 2.24) is 20.2 Å². The minimum atomic E-state index is -0.787. The molecule has 0 amide bonds. The Labute approximate surface area is 114 Å². The Bertz CT molecular complexity index is 583. The zero-order valence-corrected chi connectivity index (χ0v) is 11.2. The molecule has 2 aromatic rings. The first-order chi connectivity index (χ1) is 9.24. The molecule has 3 rings (SSSR count). The van der Waals surface area contributed by atoms with Gasteiger partial charge in [-0.2, -0.15) is 0 Å². The predicted octanol–water partition coefficient (Wildman–Crippen LogP) is 1.76. The lowest BCUT2D eigenvalue weighted by Gasteiger charge is -2.01. The van der Waals surface area contributed by atoms with Crippen molar-refractivity contribution in [1.29, 1.82) is 0 Å². The second-order valence-electron chi connectivity index (χ2n) is 4.64. The average molecular weight is 278 g/mol. The second-order valence-corrected chi connectivity index (χ2v) is 5.77. The summed E-state index contributed by atoms with van der Waals surface area (Å²) in [4.78, 5) is 13.0. The zero-order chi connectivity index (χ0) is 13.2. The molecule has 1 aliphatic rings. The summed E-state index contributed by atoms with van der Waals surface area (Å²) >= 11 is 1.75. The molecule has 0 fully saturated rings. The van der Waals surface area contributed by atoms with Gasteiger partial charge < -0.3 is 5.11 Å². The minimum Gasteiger partial charge on any atom is -0.481 e. The van der Waals surface area contributed by atoms with Crippen molar-refractivity contribution in [3.8, 4) is 10.7 Å². The standard InChI is InChI=1S/C12H14N4O2S/c17-11(18)5-2-6-16-12(13-14-15-16)10-7-8-3-1-4-9(8)19-10/h7H,1-6H2,(H,17,18). The Kier molecular flexibility index (Phi) is 3.29. The highest BCUT2D eigenvalue weighted by Crippen LogP contribution is 2.35. The van der Waals surface area contributed by atoms with Gasteiger partial charge in [0.15, 0.2) is 5.82 Å². The smallest absolute Gasteiger partial charge is 0.303 e. The summed E-state index contributed by atoms with van der Waals surface area (Å²) in [6, 6.07) is 2.17. The van der Waals surface area contributed by atoms with Gasteiger partial charge in [-0.25, -0.2) is 4.68 Å². The second kappa shape index (κ2) is 5.08. The van der Waals surface area contributed by atoms with Gasteiger partial charge in [-0.15, -0.1) is 16.4 Å². The van der Waals surface area contributed by atoms with E-state index in [0.29, 0.717) is 13.0 Å². The highest BCUT2D eigenvalue weighted by molar-refractivity contribution is 7.15. The first-order valence-corrected chi connectivity index (χ1v) is 7.15. The fourth-order valence-corrected chi connectivity index (χ4v) is 3.59. The summed E-state index contributed by atoms with van der Waals surface area (Å²) in [5.74, 6) is -0.0329. The highest BCUT2D eigenvalue weighted by Gasteiger charge is 2.18. The summed E-state index contributed by atoms with van der Waals surface area (Å²) in [5, 5.41) is 20.4. The van der Waals surface area contributed by atoms with Gasteiger partial charge in [-0.3, -0.25) is 4.79 Å². The van der Waals surface area contributed by atoms with Crippen LogP contribution in [0.5, 0.6) is 0 Å². The number of hydrogen-bond donors (Lipinski definition) is 1. The number of thiophene rings is 1. The van der Waals surface area contributed by atoms with E-state index in [1.54, 1.807) is 16.0 Å². The van der Waals surface area contributed by atoms with E-state index in [1.807, 2.05) is 0 Å². The fraction of sp³-hybridized carbons (Fsp3) is 0.500. The molecule has 1 aliphatic carbocycles. The normalized spacial score (nSPS) is 13.7. The molecule has 1 N–H and O–H groups in total. The monoisotopic (exact) mass is 278 g/mol. The molecule has 0 atom stereocenters. The van der Waals surface area contributed by atoms with Gasteiger partial charge in [0.1, 0.15) is 0 Å². The Morgan fingerprint density at radius 1 is 1.47 bits per heavy atom. The van der Waals surface area contributed by atoms with E-state index in [-0.39, 0.29) is 6.42 Å². The van der Waals surface area contributed by atoms with Crippen LogP contribution in [0, 0.1) is 0 Å². The van der Waals surface area contributed by atoms with Crippen LogP contribution < -0.4 is 0 Å². The van der Waals surface area contributed by atoms with Crippen LogP contribution in [0.3, 0.4) is 0 Å². The van der Waals surface area contributed by atoms with Crippen molar-refractivity contribution in [2.24, 2.45) is 0 Å². The summed E-state index contributed by atoms with van der Waals surface area (Å²) in [7, 11) is 0. The number of aliphatic carboxylic acids is 1. The largest absolute Gasteiger partial charge is 0.481 e. The molecule has 0 saturated heterocycles. The topological polar surface area (TPSA) is 80.9 Å². The number of fused-ring (bicyclic) bond motifs is 1. The molecule has 0 spiro atoms. The zero-order valence-electron chi connectivity index (χ0n) is 10.4. The molecule has 2 aromatic heterocycles. The van der Waals surface area contributed by atoms with Crippen LogP contribution in [0.15, 0.2) is 6.07 Å². The Morgan fingerprint density at radius 2 is 2.37 bits per heavy atom. The lowest BCUT2D eigenvalue weighted by molar-refractivity contribution is -0.137. The van der Waals surface area contributed by atoms with Crippen molar-refractivity contribution in [3.05, 3.63) is 16.5 Å². The SMILES string of the molecule is O=C(O)CCCn1nnnc1-c1cc2c(s1)CCC2. The van der Waals surface area contributed by atoms with Crippen LogP contribution in [-0.2, 0) is 24.2 Å². The number of hydrogen-bond acceptors (Lipinski definition) is 5. The summed E-state index contributed by atoms with van der Waals surface area (Å²) in [5.41, 5.74) is 1.42. The summed E-state index contributed by atoms with van der Waals surface area (Å²) in [6.07, 6.45) is 4.22. The van der Waals surface area contributed by atoms with E-state index in [4.69, 9.17) is 5.11 Å². The van der Waals surface area contributed by atoms with E-state index in [1.165, 1.54) is 16.9 Å².